The van der Waals surface area contributed by atoms with Gasteiger partial charge in [-0.15, -0.1) is 21.5 Å². The Morgan fingerprint density at radius 1 is 1.32 bits per heavy atom. The number of carbonyl (C=O) groups is 2. The molecule has 0 saturated carbocycles. The van der Waals surface area contributed by atoms with Crippen LogP contribution in [-0.2, 0) is 4.79 Å². The van der Waals surface area contributed by atoms with Crippen LogP contribution >= 0.6 is 22.7 Å². The van der Waals surface area contributed by atoms with E-state index in [-0.39, 0.29) is 23.4 Å². The Morgan fingerprint density at radius 2 is 2.14 bits per heavy atom. The van der Waals surface area contributed by atoms with E-state index in [9.17, 15) is 18.4 Å². The van der Waals surface area contributed by atoms with Crippen molar-refractivity contribution in [3.05, 3.63) is 27.4 Å². The first-order valence-corrected chi connectivity index (χ1v) is 7.99. The lowest BCUT2D eigenvalue weighted by molar-refractivity contribution is -0.116. The van der Waals surface area contributed by atoms with Gasteiger partial charge in [0.15, 0.2) is 5.01 Å². The summed E-state index contributed by atoms with van der Waals surface area (Å²) in [5.74, 6) is -0.538. The SMILES string of the molecule is O=C(CCCNC(=O)c1cccs1)Nc1nnc(C(F)F)s1. The summed E-state index contributed by atoms with van der Waals surface area (Å²) in [5, 5.41) is 13.2. The highest BCUT2D eigenvalue weighted by atomic mass is 32.1. The molecule has 0 spiro atoms. The first-order chi connectivity index (χ1) is 10.6. The maximum atomic E-state index is 12.3. The molecule has 0 aliphatic rings. The van der Waals surface area contributed by atoms with E-state index in [1.165, 1.54) is 11.3 Å². The highest BCUT2D eigenvalue weighted by molar-refractivity contribution is 7.15. The van der Waals surface area contributed by atoms with Crippen LogP contribution in [0.2, 0.25) is 0 Å². The molecule has 0 aliphatic heterocycles. The van der Waals surface area contributed by atoms with Gasteiger partial charge in [-0.2, -0.15) is 0 Å². The smallest absolute Gasteiger partial charge is 0.291 e. The van der Waals surface area contributed by atoms with Crippen molar-refractivity contribution in [2.75, 3.05) is 11.9 Å². The average Bonchev–Trinajstić information content (AvgIpc) is 3.14. The Hall–Kier alpha value is -1.94. The maximum Gasteiger partial charge on any atom is 0.291 e. The molecule has 0 unspecified atom stereocenters. The van der Waals surface area contributed by atoms with E-state index in [0.717, 1.165) is 0 Å². The van der Waals surface area contributed by atoms with Crippen molar-refractivity contribution in [2.45, 2.75) is 19.3 Å². The summed E-state index contributed by atoms with van der Waals surface area (Å²) in [5.41, 5.74) is 0. The van der Waals surface area contributed by atoms with Gasteiger partial charge in [0.2, 0.25) is 11.0 Å². The third-order valence-electron chi connectivity index (χ3n) is 2.48. The van der Waals surface area contributed by atoms with Gasteiger partial charge in [-0.05, 0) is 17.9 Å². The van der Waals surface area contributed by atoms with Gasteiger partial charge in [-0.1, -0.05) is 17.4 Å². The third kappa shape index (κ3) is 4.81. The molecule has 0 bridgehead atoms. The second kappa shape index (κ2) is 7.90. The van der Waals surface area contributed by atoms with Crippen molar-refractivity contribution in [3.63, 3.8) is 0 Å². The van der Waals surface area contributed by atoms with Crippen molar-refractivity contribution >= 4 is 39.6 Å². The molecule has 118 valence electrons. The van der Waals surface area contributed by atoms with Gasteiger partial charge in [-0.25, -0.2) is 8.78 Å². The molecule has 2 heterocycles. The monoisotopic (exact) mass is 346 g/mol. The highest BCUT2D eigenvalue weighted by Crippen LogP contribution is 2.25. The number of anilines is 1. The number of alkyl halides is 2. The van der Waals surface area contributed by atoms with E-state index in [1.54, 1.807) is 17.5 Å². The summed E-state index contributed by atoms with van der Waals surface area (Å²) in [6, 6.07) is 3.49. The Bertz CT molecular complexity index is 631. The van der Waals surface area contributed by atoms with Crippen LogP contribution in [0.1, 0.15) is 33.9 Å². The van der Waals surface area contributed by atoms with Crippen molar-refractivity contribution < 1.29 is 18.4 Å². The van der Waals surface area contributed by atoms with E-state index in [1.807, 2.05) is 0 Å². The van der Waals surface area contributed by atoms with Crippen molar-refractivity contribution in [1.82, 2.24) is 15.5 Å². The van der Waals surface area contributed by atoms with Gasteiger partial charge in [0.05, 0.1) is 4.88 Å². The minimum atomic E-state index is -2.70. The zero-order chi connectivity index (χ0) is 15.9. The van der Waals surface area contributed by atoms with Gasteiger partial charge in [0, 0.05) is 13.0 Å². The highest BCUT2D eigenvalue weighted by Gasteiger charge is 2.15. The minimum Gasteiger partial charge on any atom is -0.351 e. The second-order valence-corrected chi connectivity index (χ2v) is 6.09. The fraction of sp³-hybridized carbons (Fsp3) is 0.333. The molecular formula is C12H12F2N4O2S2. The van der Waals surface area contributed by atoms with Gasteiger partial charge in [0.25, 0.3) is 12.3 Å². The number of halogens is 2. The number of hydrogen-bond donors (Lipinski definition) is 2. The van der Waals surface area contributed by atoms with Crippen LogP contribution < -0.4 is 10.6 Å². The van der Waals surface area contributed by atoms with Crippen LogP contribution in [0.5, 0.6) is 0 Å². The largest absolute Gasteiger partial charge is 0.351 e. The first-order valence-electron chi connectivity index (χ1n) is 6.29. The molecule has 0 fully saturated rings. The summed E-state index contributed by atoms with van der Waals surface area (Å²) in [7, 11) is 0. The van der Waals surface area contributed by atoms with Crippen LogP contribution in [0, 0.1) is 0 Å². The number of rotatable bonds is 7. The zero-order valence-electron chi connectivity index (χ0n) is 11.2. The van der Waals surface area contributed by atoms with Crippen LogP contribution in [0.3, 0.4) is 0 Å². The molecule has 10 heteroatoms. The Balaban J connectivity index is 1.66. The number of nitrogens with zero attached hydrogens (tertiary/aromatic N) is 2. The molecule has 2 aromatic rings. The Kier molecular flexibility index (Phi) is 5.90. The number of carbonyl (C=O) groups excluding carboxylic acids is 2. The Labute approximate surface area is 132 Å². The standard InChI is InChI=1S/C12H12F2N4O2S2/c13-9(14)11-17-18-12(22-11)16-8(19)4-1-5-15-10(20)7-3-2-6-21-7/h2-3,6,9H,1,4-5H2,(H,15,20)(H,16,18,19). The molecule has 0 aliphatic carbocycles. The van der Waals surface area contributed by atoms with Gasteiger partial charge in [0.1, 0.15) is 0 Å². The molecule has 6 nitrogen and oxygen atoms in total. The van der Waals surface area contributed by atoms with Crippen LogP contribution in [0.15, 0.2) is 17.5 Å². The predicted molar refractivity (Wildman–Crippen MR) is 79.4 cm³/mol. The van der Waals surface area contributed by atoms with E-state index >= 15 is 0 Å². The first kappa shape index (κ1) is 16.4. The summed E-state index contributed by atoms with van der Waals surface area (Å²) in [6.45, 7) is 0.350. The minimum absolute atomic E-state index is 0.0444. The number of hydrogen-bond acceptors (Lipinski definition) is 6. The normalized spacial score (nSPS) is 10.7. The fourth-order valence-electron chi connectivity index (χ4n) is 1.50. The molecule has 2 aromatic heterocycles. The van der Waals surface area contributed by atoms with Gasteiger partial charge in [-0.3, -0.25) is 9.59 Å². The van der Waals surface area contributed by atoms with Crippen molar-refractivity contribution in [3.8, 4) is 0 Å². The van der Waals surface area contributed by atoms with Crippen LogP contribution in [0.4, 0.5) is 13.9 Å². The molecule has 22 heavy (non-hydrogen) atoms. The van der Waals surface area contributed by atoms with Crippen LogP contribution in [-0.4, -0.2) is 28.6 Å². The Morgan fingerprint density at radius 3 is 2.77 bits per heavy atom. The lowest BCUT2D eigenvalue weighted by Crippen LogP contribution is -2.24. The van der Waals surface area contributed by atoms with Crippen LogP contribution in [0.25, 0.3) is 0 Å². The molecule has 0 saturated heterocycles. The molecule has 2 amide bonds. The summed E-state index contributed by atoms with van der Waals surface area (Å²) >= 11 is 1.97. The number of nitrogens with one attached hydrogen (secondary N) is 2. The topological polar surface area (TPSA) is 84.0 Å². The molecular weight excluding hydrogens is 334 g/mol. The second-order valence-electron chi connectivity index (χ2n) is 4.13. The summed E-state index contributed by atoms with van der Waals surface area (Å²) in [6.07, 6.45) is -2.12. The van der Waals surface area contributed by atoms with Gasteiger partial charge < -0.3 is 10.6 Å². The maximum absolute atomic E-state index is 12.3. The van der Waals surface area contributed by atoms with E-state index in [0.29, 0.717) is 29.2 Å². The zero-order valence-corrected chi connectivity index (χ0v) is 12.8. The summed E-state index contributed by atoms with van der Waals surface area (Å²) < 4.78 is 24.6. The quantitative estimate of drug-likeness (QED) is 0.755. The van der Waals surface area contributed by atoms with Crippen molar-refractivity contribution in [2.24, 2.45) is 0 Å². The van der Waals surface area contributed by atoms with E-state index in [4.69, 9.17) is 0 Å². The number of amides is 2. The van der Waals surface area contributed by atoms with Crippen molar-refractivity contribution in [1.29, 1.82) is 0 Å². The summed E-state index contributed by atoms with van der Waals surface area (Å²) in [4.78, 5) is 23.8. The molecule has 0 radical (unpaired) electrons. The lowest BCUT2D eigenvalue weighted by atomic mass is 10.3. The lowest BCUT2D eigenvalue weighted by Gasteiger charge is -2.03. The average molecular weight is 346 g/mol. The fourth-order valence-corrected chi connectivity index (χ4v) is 2.76. The molecule has 2 rings (SSSR count). The molecule has 0 aromatic carbocycles. The predicted octanol–water partition coefficient (Wildman–Crippen LogP) is 2.69. The molecule has 0 atom stereocenters. The number of aromatic nitrogens is 2. The number of thiophene rings is 1. The third-order valence-corrected chi connectivity index (χ3v) is 4.20. The van der Waals surface area contributed by atoms with E-state index in [2.05, 4.69) is 20.8 Å². The van der Waals surface area contributed by atoms with Gasteiger partial charge >= 0.3 is 0 Å². The van der Waals surface area contributed by atoms with E-state index < -0.39 is 11.4 Å². The molecule has 2 N–H and O–H groups in total.